The van der Waals surface area contributed by atoms with E-state index < -0.39 is 0 Å². The van der Waals surface area contributed by atoms with Crippen molar-refractivity contribution in [1.29, 1.82) is 0 Å². The predicted molar refractivity (Wildman–Crippen MR) is 123 cm³/mol. The third kappa shape index (κ3) is 3.56. The second-order valence-corrected chi connectivity index (χ2v) is 8.75. The molecular formula is C28H30. The Balaban J connectivity index is 1.98. The molecule has 1 aliphatic carbocycles. The molecule has 0 nitrogen and oxygen atoms in total. The van der Waals surface area contributed by atoms with Crippen molar-refractivity contribution < 1.29 is 0 Å². The van der Waals surface area contributed by atoms with Crippen LogP contribution in [0.1, 0.15) is 56.7 Å². The lowest BCUT2D eigenvalue weighted by molar-refractivity contribution is 0.638. The van der Waals surface area contributed by atoms with Gasteiger partial charge in [0.1, 0.15) is 0 Å². The van der Waals surface area contributed by atoms with E-state index in [9.17, 15) is 0 Å². The summed E-state index contributed by atoms with van der Waals surface area (Å²) in [6.45, 7) is 9.22. The number of rotatable bonds is 5. The maximum absolute atomic E-state index is 2.48. The minimum absolute atomic E-state index is 0.496. The van der Waals surface area contributed by atoms with Crippen LogP contribution in [-0.2, 0) is 6.42 Å². The van der Waals surface area contributed by atoms with E-state index in [0.717, 1.165) is 6.42 Å². The molecule has 1 aliphatic rings. The zero-order valence-corrected chi connectivity index (χ0v) is 17.5. The van der Waals surface area contributed by atoms with Crippen LogP contribution < -0.4 is 0 Å². The zero-order chi connectivity index (χ0) is 19.7. The summed E-state index contributed by atoms with van der Waals surface area (Å²) in [5.74, 6) is 1.19. The molecule has 0 saturated heterocycles. The van der Waals surface area contributed by atoms with Gasteiger partial charge < -0.3 is 0 Å². The lowest BCUT2D eigenvalue weighted by atomic mass is 9.84. The van der Waals surface area contributed by atoms with Gasteiger partial charge in [-0.05, 0) is 63.6 Å². The van der Waals surface area contributed by atoms with Crippen LogP contribution in [0.4, 0.5) is 0 Å². The molecule has 142 valence electrons. The SMILES string of the molecule is CC(C)CC1=Cc2c(ccc(-c3ccccc3)c2-c2ccccc2C(C)C)C1. The highest BCUT2D eigenvalue weighted by Gasteiger charge is 2.22. The standard InChI is InChI=1S/C28H30/c1-19(2)16-21-17-23-14-15-25(22-10-6-5-7-11-22)28(27(23)18-21)26-13-9-8-12-24(26)20(3)4/h5-15,18-20H,16-17H2,1-4H3. The van der Waals surface area contributed by atoms with Crippen LogP contribution in [0.25, 0.3) is 28.3 Å². The Hall–Kier alpha value is -2.60. The molecule has 3 aromatic rings. The molecule has 0 fully saturated rings. The van der Waals surface area contributed by atoms with Crippen LogP contribution in [0.2, 0.25) is 0 Å². The van der Waals surface area contributed by atoms with Crippen molar-refractivity contribution in [3.05, 3.63) is 89.0 Å². The number of fused-ring (bicyclic) bond motifs is 1. The van der Waals surface area contributed by atoms with Gasteiger partial charge in [0.15, 0.2) is 0 Å². The molecule has 0 radical (unpaired) electrons. The van der Waals surface area contributed by atoms with Crippen molar-refractivity contribution in [2.24, 2.45) is 5.92 Å². The first-order chi connectivity index (χ1) is 13.5. The fourth-order valence-corrected chi connectivity index (χ4v) is 4.51. The molecule has 28 heavy (non-hydrogen) atoms. The highest BCUT2D eigenvalue weighted by Crippen LogP contribution is 2.44. The van der Waals surface area contributed by atoms with E-state index in [1.54, 1.807) is 5.57 Å². The van der Waals surface area contributed by atoms with Gasteiger partial charge in [0.25, 0.3) is 0 Å². The topological polar surface area (TPSA) is 0 Å². The first kappa shape index (κ1) is 18.7. The van der Waals surface area contributed by atoms with Gasteiger partial charge in [-0.3, -0.25) is 0 Å². The van der Waals surface area contributed by atoms with Crippen LogP contribution in [0, 0.1) is 5.92 Å². The summed E-state index contributed by atoms with van der Waals surface area (Å²) in [6.07, 6.45) is 4.76. The number of allylic oxidation sites excluding steroid dienone is 1. The average molecular weight is 367 g/mol. The van der Waals surface area contributed by atoms with Crippen LogP contribution >= 0.6 is 0 Å². The third-order valence-corrected chi connectivity index (χ3v) is 5.71. The second-order valence-electron chi connectivity index (χ2n) is 8.75. The van der Waals surface area contributed by atoms with E-state index in [-0.39, 0.29) is 0 Å². The fourth-order valence-electron chi connectivity index (χ4n) is 4.51. The largest absolute Gasteiger partial charge is 0.0649 e. The van der Waals surface area contributed by atoms with E-state index in [1.807, 2.05) is 0 Å². The lowest BCUT2D eigenvalue weighted by Gasteiger charge is -2.19. The summed E-state index contributed by atoms with van der Waals surface area (Å²) in [6, 6.07) is 24.5. The molecule has 3 aromatic carbocycles. The van der Waals surface area contributed by atoms with Crippen molar-refractivity contribution in [2.75, 3.05) is 0 Å². The maximum atomic E-state index is 2.48. The molecule has 0 unspecified atom stereocenters. The molecule has 0 heterocycles. The minimum atomic E-state index is 0.496. The Labute approximate surface area is 169 Å². The Kier molecular flexibility index (Phi) is 5.22. The predicted octanol–water partition coefficient (Wildman–Crippen LogP) is 8.13. The molecule has 0 aromatic heterocycles. The molecule has 0 atom stereocenters. The van der Waals surface area contributed by atoms with Crippen molar-refractivity contribution in [2.45, 2.75) is 46.5 Å². The normalized spacial score (nSPS) is 13.1. The van der Waals surface area contributed by atoms with Crippen molar-refractivity contribution in [3.8, 4) is 22.3 Å². The Morgan fingerprint density at radius 3 is 2.18 bits per heavy atom. The maximum Gasteiger partial charge on any atom is -0.00271 e. The summed E-state index contributed by atoms with van der Waals surface area (Å²) in [5.41, 5.74) is 11.3. The first-order valence-corrected chi connectivity index (χ1v) is 10.5. The van der Waals surface area contributed by atoms with Gasteiger partial charge in [-0.25, -0.2) is 0 Å². The van der Waals surface area contributed by atoms with Crippen molar-refractivity contribution in [3.63, 3.8) is 0 Å². The highest BCUT2D eigenvalue weighted by molar-refractivity contribution is 5.93. The molecule has 0 N–H and O–H groups in total. The van der Waals surface area contributed by atoms with E-state index in [1.165, 1.54) is 45.4 Å². The van der Waals surface area contributed by atoms with E-state index in [0.29, 0.717) is 11.8 Å². The molecule has 4 rings (SSSR count). The first-order valence-electron chi connectivity index (χ1n) is 10.5. The van der Waals surface area contributed by atoms with Gasteiger partial charge in [-0.2, -0.15) is 0 Å². The molecule has 0 heteroatoms. The summed E-state index contributed by atoms with van der Waals surface area (Å²) < 4.78 is 0. The van der Waals surface area contributed by atoms with E-state index in [4.69, 9.17) is 0 Å². The van der Waals surface area contributed by atoms with Crippen LogP contribution in [0.5, 0.6) is 0 Å². The summed E-state index contributed by atoms with van der Waals surface area (Å²) in [4.78, 5) is 0. The van der Waals surface area contributed by atoms with Crippen LogP contribution in [-0.4, -0.2) is 0 Å². The third-order valence-electron chi connectivity index (χ3n) is 5.71. The van der Waals surface area contributed by atoms with Gasteiger partial charge in [0.2, 0.25) is 0 Å². The van der Waals surface area contributed by atoms with Crippen LogP contribution in [0.3, 0.4) is 0 Å². The van der Waals surface area contributed by atoms with Gasteiger partial charge in [0.05, 0.1) is 0 Å². The smallest absolute Gasteiger partial charge is 0.00271 e. The number of benzene rings is 3. The fraction of sp³-hybridized carbons (Fsp3) is 0.286. The Bertz CT molecular complexity index is 1000. The average Bonchev–Trinajstić information content (AvgIpc) is 3.09. The minimum Gasteiger partial charge on any atom is -0.0649 e. The Morgan fingerprint density at radius 1 is 0.750 bits per heavy atom. The van der Waals surface area contributed by atoms with E-state index in [2.05, 4.69) is 101 Å². The lowest BCUT2D eigenvalue weighted by Crippen LogP contribution is -1.97. The van der Waals surface area contributed by atoms with Crippen LogP contribution in [0.15, 0.2) is 72.3 Å². The van der Waals surface area contributed by atoms with Gasteiger partial charge >= 0.3 is 0 Å². The Morgan fingerprint density at radius 2 is 1.46 bits per heavy atom. The number of hydrogen-bond donors (Lipinski definition) is 0. The number of hydrogen-bond acceptors (Lipinski definition) is 0. The van der Waals surface area contributed by atoms with Gasteiger partial charge in [0, 0.05) is 0 Å². The molecule has 0 amide bonds. The highest BCUT2D eigenvalue weighted by atomic mass is 14.3. The molecule has 0 saturated carbocycles. The quantitative estimate of drug-likeness (QED) is 0.427. The van der Waals surface area contributed by atoms with E-state index >= 15 is 0 Å². The summed E-state index contributed by atoms with van der Waals surface area (Å²) >= 11 is 0. The monoisotopic (exact) mass is 366 g/mol. The molecular weight excluding hydrogens is 336 g/mol. The molecule has 0 aliphatic heterocycles. The molecule has 0 spiro atoms. The summed E-state index contributed by atoms with van der Waals surface area (Å²) in [5, 5.41) is 0. The van der Waals surface area contributed by atoms with Gasteiger partial charge in [-0.1, -0.05) is 106 Å². The molecule has 0 bridgehead atoms. The van der Waals surface area contributed by atoms with Crippen molar-refractivity contribution in [1.82, 2.24) is 0 Å². The van der Waals surface area contributed by atoms with Gasteiger partial charge in [-0.15, -0.1) is 0 Å². The second kappa shape index (κ2) is 7.80. The zero-order valence-electron chi connectivity index (χ0n) is 17.5. The van der Waals surface area contributed by atoms with Crippen molar-refractivity contribution >= 4 is 6.08 Å². The summed E-state index contributed by atoms with van der Waals surface area (Å²) in [7, 11) is 0.